The predicted molar refractivity (Wildman–Crippen MR) is 95.0 cm³/mol. The summed E-state index contributed by atoms with van der Waals surface area (Å²) in [6, 6.07) is 9.87. The number of hydrogen-bond acceptors (Lipinski definition) is 5. The predicted octanol–water partition coefficient (Wildman–Crippen LogP) is 3.05. The molecule has 0 saturated carbocycles. The molecular formula is C18H19N3O4. The first kappa shape index (κ1) is 18.1. The van der Waals surface area contributed by atoms with E-state index in [9.17, 15) is 14.9 Å². The van der Waals surface area contributed by atoms with Gasteiger partial charge in [0.05, 0.1) is 11.1 Å². The van der Waals surface area contributed by atoms with Gasteiger partial charge in [0.2, 0.25) is 0 Å². The number of carbonyl (C=O) groups excluding carboxylic acids is 1. The summed E-state index contributed by atoms with van der Waals surface area (Å²) in [6.45, 7) is 5.71. The van der Waals surface area contributed by atoms with E-state index < -0.39 is 10.8 Å². The van der Waals surface area contributed by atoms with E-state index in [4.69, 9.17) is 4.74 Å². The van der Waals surface area contributed by atoms with Gasteiger partial charge in [-0.2, -0.15) is 5.10 Å². The quantitative estimate of drug-likeness (QED) is 0.496. The maximum Gasteiger partial charge on any atom is 0.277 e. The van der Waals surface area contributed by atoms with Crippen LogP contribution in [0.1, 0.15) is 22.3 Å². The molecule has 0 bridgehead atoms. The summed E-state index contributed by atoms with van der Waals surface area (Å²) in [5.74, 6) is 0.246. The Bertz CT molecular complexity index is 831. The normalized spacial score (nSPS) is 10.7. The van der Waals surface area contributed by atoms with Gasteiger partial charge in [0.1, 0.15) is 5.75 Å². The SMILES string of the molecule is Cc1cc(C)c(C)c(OCC(=O)N/N=C/c2cccc([N+](=O)[O-])c2)c1. The lowest BCUT2D eigenvalue weighted by Gasteiger charge is -2.11. The van der Waals surface area contributed by atoms with Gasteiger partial charge < -0.3 is 4.74 Å². The summed E-state index contributed by atoms with van der Waals surface area (Å²) in [5.41, 5.74) is 5.95. The Morgan fingerprint density at radius 3 is 2.76 bits per heavy atom. The van der Waals surface area contributed by atoms with Crippen molar-refractivity contribution in [3.63, 3.8) is 0 Å². The van der Waals surface area contributed by atoms with Crippen molar-refractivity contribution in [2.24, 2.45) is 5.10 Å². The number of ether oxygens (including phenoxy) is 1. The van der Waals surface area contributed by atoms with Crippen molar-refractivity contribution < 1.29 is 14.5 Å². The average molecular weight is 341 g/mol. The molecule has 1 amide bonds. The highest BCUT2D eigenvalue weighted by molar-refractivity contribution is 5.83. The minimum absolute atomic E-state index is 0.0381. The number of nitrogens with zero attached hydrogens (tertiary/aromatic N) is 2. The van der Waals surface area contributed by atoms with Gasteiger partial charge in [-0.15, -0.1) is 0 Å². The maximum absolute atomic E-state index is 11.8. The van der Waals surface area contributed by atoms with Gasteiger partial charge in [-0.05, 0) is 43.5 Å². The molecule has 7 heteroatoms. The molecule has 0 aromatic heterocycles. The number of nitro groups is 1. The van der Waals surface area contributed by atoms with Crippen molar-refractivity contribution in [3.8, 4) is 5.75 Å². The zero-order valence-corrected chi connectivity index (χ0v) is 14.3. The smallest absolute Gasteiger partial charge is 0.277 e. The standard InChI is InChI=1S/C18H19N3O4/c1-12-7-13(2)14(3)17(8-12)25-11-18(22)20-19-10-15-5-4-6-16(9-15)21(23)24/h4-10H,11H2,1-3H3,(H,20,22)/b19-10+. The topological polar surface area (TPSA) is 93.8 Å². The molecule has 0 unspecified atom stereocenters. The number of carbonyl (C=O) groups is 1. The second-order valence-corrected chi connectivity index (χ2v) is 5.64. The molecule has 130 valence electrons. The Hall–Kier alpha value is -3.22. The highest BCUT2D eigenvalue weighted by Crippen LogP contribution is 2.23. The van der Waals surface area contributed by atoms with Crippen LogP contribution in [0.2, 0.25) is 0 Å². The van der Waals surface area contributed by atoms with E-state index in [1.165, 1.54) is 18.3 Å². The third kappa shape index (κ3) is 5.13. The Morgan fingerprint density at radius 1 is 1.28 bits per heavy atom. The molecule has 25 heavy (non-hydrogen) atoms. The van der Waals surface area contributed by atoms with Crippen molar-refractivity contribution in [3.05, 3.63) is 68.8 Å². The van der Waals surface area contributed by atoms with Crippen LogP contribution in [-0.2, 0) is 4.79 Å². The number of nitro benzene ring substituents is 1. The van der Waals surface area contributed by atoms with Gasteiger partial charge in [-0.1, -0.05) is 18.2 Å². The molecule has 2 rings (SSSR count). The molecule has 0 spiro atoms. The summed E-state index contributed by atoms with van der Waals surface area (Å²) in [7, 11) is 0. The van der Waals surface area contributed by atoms with Gasteiger partial charge in [-0.25, -0.2) is 5.43 Å². The van der Waals surface area contributed by atoms with Crippen molar-refractivity contribution in [1.82, 2.24) is 5.43 Å². The molecule has 0 aliphatic heterocycles. The maximum atomic E-state index is 11.8. The van der Waals surface area contributed by atoms with Crippen LogP contribution in [0, 0.1) is 30.9 Å². The number of non-ortho nitro benzene ring substituents is 1. The number of nitrogens with one attached hydrogen (secondary N) is 1. The highest BCUT2D eigenvalue weighted by atomic mass is 16.6. The van der Waals surface area contributed by atoms with Crippen LogP contribution in [-0.4, -0.2) is 23.7 Å². The Balaban J connectivity index is 1.91. The third-order valence-electron chi connectivity index (χ3n) is 3.61. The number of benzene rings is 2. The van der Waals surface area contributed by atoms with Gasteiger partial charge in [0.15, 0.2) is 6.61 Å². The fraction of sp³-hybridized carbons (Fsp3) is 0.222. The van der Waals surface area contributed by atoms with Gasteiger partial charge >= 0.3 is 0 Å². The largest absolute Gasteiger partial charge is 0.483 e. The van der Waals surface area contributed by atoms with Gasteiger partial charge in [-0.3, -0.25) is 14.9 Å². The monoisotopic (exact) mass is 341 g/mol. The molecule has 0 heterocycles. The molecule has 2 aromatic carbocycles. The Morgan fingerprint density at radius 2 is 2.04 bits per heavy atom. The zero-order valence-electron chi connectivity index (χ0n) is 14.3. The van der Waals surface area contributed by atoms with Crippen LogP contribution >= 0.6 is 0 Å². The van der Waals surface area contributed by atoms with Crippen molar-refractivity contribution >= 4 is 17.8 Å². The molecule has 2 aromatic rings. The number of aryl methyl sites for hydroxylation is 2. The summed E-state index contributed by atoms with van der Waals surface area (Å²) in [4.78, 5) is 22.0. The first-order valence-corrected chi connectivity index (χ1v) is 7.64. The first-order chi connectivity index (χ1) is 11.9. The molecule has 0 radical (unpaired) electrons. The van der Waals surface area contributed by atoms with Crippen molar-refractivity contribution in [2.45, 2.75) is 20.8 Å². The van der Waals surface area contributed by atoms with Crippen LogP contribution in [0.5, 0.6) is 5.75 Å². The fourth-order valence-corrected chi connectivity index (χ4v) is 2.22. The highest BCUT2D eigenvalue weighted by Gasteiger charge is 2.07. The molecule has 1 N–H and O–H groups in total. The van der Waals surface area contributed by atoms with Gasteiger partial charge in [0.25, 0.3) is 11.6 Å². The van der Waals surface area contributed by atoms with Gasteiger partial charge in [0, 0.05) is 17.7 Å². The molecule has 0 saturated heterocycles. The number of hydrogen-bond donors (Lipinski definition) is 1. The van der Waals surface area contributed by atoms with E-state index in [0.29, 0.717) is 11.3 Å². The zero-order chi connectivity index (χ0) is 18.4. The third-order valence-corrected chi connectivity index (χ3v) is 3.61. The summed E-state index contributed by atoms with van der Waals surface area (Å²) < 4.78 is 5.54. The molecule has 0 fully saturated rings. The van der Waals surface area contributed by atoms with Crippen LogP contribution in [0.15, 0.2) is 41.5 Å². The molecular weight excluding hydrogens is 322 g/mol. The molecule has 7 nitrogen and oxygen atoms in total. The van der Waals surface area contributed by atoms with Crippen molar-refractivity contribution in [2.75, 3.05) is 6.61 Å². The van der Waals surface area contributed by atoms with E-state index in [1.807, 2.05) is 32.9 Å². The van der Waals surface area contributed by atoms with Crippen LogP contribution < -0.4 is 10.2 Å². The fourth-order valence-electron chi connectivity index (χ4n) is 2.22. The van der Waals surface area contributed by atoms with E-state index in [-0.39, 0.29) is 12.3 Å². The number of amides is 1. The van der Waals surface area contributed by atoms with E-state index >= 15 is 0 Å². The van der Waals surface area contributed by atoms with Crippen LogP contribution in [0.25, 0.3) is 0 Å². The first-order valence-electron chi connectivity index (χ1n) is 7.64. The minimum atomic E-state index is -0.490. The molecule has 0 aliphatic carbocycles. The summed E-state index contributed by atoms with van der Waals surface area (Å²) in [6.07, 6.45) is 1.34. The molecule has 0 atom stereocenters. The molecule has 0 aliphatic rings. The lowest BCUT2D eigenvalue weighted by Crippen LogP contribution is -2.24. The van der Waals surface area contributed by atoms with Crippen LogP contribution in [0.3, 0.4) is 0 Å². The lowest BCUT2D eigenvalue weighted by molar-refractivity contribution is -0.384. The summed E-state index contributed by atoms with van der Waals surface area (Å²) >= 11 is 0. The van der Waals surface area contributed by atoms with E-state index in [0.717, 1.165) is 16.7 Å². The minimum Gasteiger partial charge on any atom is -0.483 e. The summed E-state index contributed by atoms with van der Waals surface area (Å²) in [5, 5.41) is 14.5. The number of hydrazone groups is 1. The van der Waals surface area contributed by atoms with E-state index in [1.54, 1.807) is 12.1 Å². The Kier molecular flexibility index (Phi) is 5.84. The lowest BCUT2D eigenvalue weighted by atomic mass is 10.1. The van der Waals surface area contributed by atoms with Crippen LogP contribution in [0.4, 0.5) is 5.69 Å². The number of rotatable bonds is 6. The Labute approximate surface area is 145 Å². The average Bonchev–Trinajstić information content (AvgIpc) is 2.57. The van der Waals surface area contributed by atoms with E-state index in [2.05, 4.69) is 10.5 Å². The second kappa shape index (κ2) is 8.05. The van der Waals surface area contributed by atoms with Crippen molar-refractivity contribution in [1.29, 1.82) is 0 Å². The second-order valence-electron chi connectivity index (χ2n) is 5.64.